The number of likely N-dealkylation sites (N-methyl/N-ethyl adjacent to an activating group) is 1. The molecule has 2 heterocycles. The van der Waals surface area contributed by atoms with Crippen LogP contribution in [0, 0.1) is 6.92 Å². The molecule has 2 aromatic heterocycles. The molecule has 11 heteroatoms. The van der Waals surface area contributed by atoms with Crippen molar-refractivity contribution in [1.29, 1.82) is 0 Å². The minimum absolute atomic E-state index is 0.0361. The normalized spacial score (nSPS) is 11.5. The van der Waals surface area contributed by atoms with E-state index in [1.807, 2.05) is 62.1 Å². The molecule has 1 amide bonds. The van der Waals surface area contributed by atoms with Gasteiger partial charge in [-0.1, -0.05) is 44.2 Å². The van der Waals surface area contributed by atoms with Crippen LogP contribution in [0.5, 0.6) is 5.75 Å². The Hall–Kier alpha value is -4.22. The number of aryl methyl sites for hydroxylation is 1. The third-order valence-corrected chi connectivity index (χ3v) is 7.74. The fraction of sp³-hybridized carbons (Fsp3) is 0.438. The lowest BCUT2D eigenvalue weighted by Crippen LogP contribution is -2.40. The highest BCUT2D eigenvalue weighted by Crippen LogP contribution is 2.29. The van der Waals surface area contributed by atoms with Crippen molar-refractivity contribution in [3.63, 3.8) is 0 Å². The first kappa shape index (κ1) is 31.7. The Morgan fingerprint density at radius 2 is 1.84 bits per heavy atom. The van der Waals surface area contributed by atoms with Gasteiger partial charge in [-0.15, -0.1) is 0 Å². The van der Waals surface area contributed by atoms with Gasteiger partial charge < -0.3 is 29.8 Å². The number of carbonyl (C=O) groups excluding carboxylic acids is 1. The predicted octanol–water partition coefficient (Wildman–Crippen LogP) is 3.89. The molecule has 0 aliphatic heterocycles. The van der Waals surface area contributed by atoms with Crippen LogP contribution in [0.15, 0.2) is 42.5 Å². The number of carbonyl (C=O) groups is 2. The molecule has 0 radical (unpaired) electrons. The Kier molecular flexibility index (Phi) is 10.9. The lowest BCUT2D eigenvalue weighted by Gasteiger charge is -2.27. The van der Waals surface area contributed by atoms with E-state index in [0.29, 0.717) is 62.7 Å². The smallest absolute Gasteiger partial charge is 0.341 e. The summed E-state index contributed by atoms with van der Waals surface area (Å²) in [5.41, 5.74) is 10.5. The molecule has 4 aromatic rings. The maximum absolute atomic E-state index is 13.6. The van der Waals surface area contributed by atoms with E-state index in [4.69, 9.17) is 25.3 Å². The molecule has 2 aromatic carbocycles. The molecule has 0 aliphatic carbocycles. The number of nitrogen functional groups attached to an aromatic ring is 1. The van der Waals surface area contributed by atoms with Crippen molar-refractivity contribution in [1.82, 2.24) is 24.3 Å². The van der Waals surface area contributed by atoms with Gasteiger partial charge in [-0.3, -0.25) is 9.69 Å². The fourth-order valence-corrected chi connectivity index (χ4v) is 5.31. The van der Waals surface area contributed by atoms with Gasteiger partial charge in [0.15, 0.2) is 12.4 Å². The second-order valence-electron chi connectivity index (χ2n) is 10.5. The quantitative estimate of drug-likeness (QED) is 0.199. The maximum atomic E-state index is 13.6. The van der Waals surface area contributed by atoms with Gasteiger partial charge in [-0.05, 0) is 49.7 Å². The average molecular weight is 591 g/mol. The number of imidazole rings is 1. The Balaban J connectivity index is 1.62. The summed E-state index contributed by atoms with van der Waals surface area (Å²) in [6.45, 7) is 9.48. The number of nitrogens with two attached hydrogens (primary N) is 1. The monoisotopic (exact) mass is 590 g/mol. The number of fused-ring (bicyclic) bond motifs is 3. The topological polar surface area (TPSA) is 136 Å². The van der Waals surface area contributed by atoms with Crippen molar-refractivity contribution in [3.8, 4) is 5.75 Å². The second-order valence-corrected chi connectivity index (χ2v) is 10.5. The van der Waals surface area contributed by atoms with E-state index in [1.54, 1.807) is 13.2 Å². The number of para-hydroxylation sites is 1. The van der Waals surface area contributed by atoms with Crippen LogP contribution in [0.3, 0.4) is 0 Å². The lowest BCUT2D eigenvalue weighted by atomic mass is 10.1. The van der Waals surface area contributed by atoms with Crippen LogP contribution in [-0.4, -0.2) is 87.8 Å². The number of aliphatic carboxylic acids is 1. The summed E-state index contributed by atoms with van der Waals surface area (Å²) >= 11 is 0. The first-order chi connectivity index (χ1) is 20.8. The highest BCUT2D eigenvalue weighted by Gasteiger charge is 2.21. The van der Waals surface area contributed by atoms with Crippen molar-refractivity contribution in [2.45, 2.75) is 46.7 Å². The number of amides is 1. The molecule has 0 spiro atoms. The largest absolute Gasteiger partial charge is 0.482 e. The van der Waals surface area contributed by atoms with Gasteiger partial charge in [-0.25, -0.2) is 14.8 Å². The molecule has 0 bridgehead atoms. The van der Waals surface area contributed by atoms with E-state index < -0.39 is 12.6 Å². The molecule has 230 valence electrons. The van der Waals surface area contributed by atoms with Crippen LogP contribution in [-0.2, 0) is 33.8 Å². The average Bonchev–Trinajstić information content (AvgIpc) is 3.37. The Labute approximate surface area is 252 Å². The fourth-order valence-electron chi connectivity index (χ4n) is 5.31. The third kappa shape index (κ3) is 7.60. The molecule has 0 aliphatic rings. The first-order valence-electron chi connectivity index (χ1n) is 14.7. The predicted molar refractivity (Wildman–Crippen MR) is 167 cm³/mol. The molecular weight excluding hydrogens is 548 g/mol. The van der Waals surface area contributed by atoms with Crippen LogP contribution in [0.25, 0.3) is 21.9 Å². The van der Waals surface area contributed by atoms with Gasteiger partial charge in [0.2, 0.25) is 5.91 Å². The Morgan fingerprint density at radius 3 is 2.56 bits per heavy atom. The number of nitrogens with zero attached hydrogens (tertiary/aromatic N) is 5. The number of carboxylic acids is 1. The molecule has 11 nitrogen and oxygen atoms in total. The van der Waals surface area contributed by atoms with Gasteiger partial charge in [0.25, 0.3) is 0 Å². The van der Waals surface area contributed by atoms with E-state index >= 15 is 0 Å². The summed E-state index contributed by atoms with van der Waals surface area (Å²) in [7, 11) is 1.67. The first-order valence-corrected chi connectivity index (χ1v) is 14.7. The van der Waals surface area contributed by atoms with Crippen LogP contribution in [0.4, 0.5) is 5.82 Å². The highest BCUT2D eigenvalue weighted by molar-refractivity contribution is 6.06. The SMILES string of the molecule is CCN(CC)CC(=O)N(CCCn1c(CCOC)nc2c(N)nc3ccccc3c21)Cc1cccc(OCC(=O)O)c1C. The Morgan fingerprint density at radius 1 is 1.07 bits per heavy atom. The second kappa shape index (κ2) is 14.8. The number of hydrogen-bond donors (Lipinski definition) is 2. The number of hydrogen-bond acceptors (Lipinski definition) is 8. The zero-order chi connectivity index (χ0) is 30.9. The third-order valence-electron chi connectivity index (χ3n) is 7.74. The molecule has 43 heavy (non-hydrogen) atoms. The van der Waals surface area contributed by atoms with Gasteiger partial charge in [0, 0.05) is 38.6 Å². The van der Waals surface area contributed by atoms with Crippen LogP contribution < -0.4 is 10.5 Å². The van der Waals surface area contributed by atoms with Crippen molar-refractivity contribution >= 4 is 39.6 Å². The van der Waals surface area contributed by atoms with Crippen molar-refractivity contribution in [2.75, 3.05) is 52.2 Å². The zero-order valence-electron chi connectivity index (χ0n) is 25.5. The number of ether oxygens (including phenoxy) is 2. The number of rotatable bonds is 16. The van der Waals surface area contributed by atoms with E-state index in [0.717, 1.165) is 46.5 Å². The van der Waals surface area contributed by atoms with Crippen molar-refractivity contribution < 1.29 is 24.2 Å². The zero-order valence-corrected chi connectivity index (χ0v) is 25.5. The molecule has 0 fully saturated rings. The highest BCUT2D eigenvalue weighted by atomic mass is 16.5. The van der Waals surface area contributed by atoms with Gasteiger partial charge >= 0.3 is 5.97 Å². The molecule has 4 rings (SSSR count). The van der Waals surface area contributed by atoms with Crippen LogP contribution in [0.2, 0.25) is 0 Å². The maximum Gasteiger partial charge on any atom is 0.341 e. The number of benzene rings is 2. The van der Waals surface area contributed by atoms with Crippen LogP contribution in [0.1, 0.15) is 37.2 Å². The van der Waals surface area contributed by atoms with Crippen LogP contribution >= 0.6 is 0 Å². The van der Waals surface area contributed by atoms with Gasteiger partial charge in [0.05, 0.1) is 24.2 Å². The van der Waals surface area contributed by atoms with Crippen molar-refractivity contribution in [3.05, 3.63) is 59.4 Å². The van der Waals surface area contributed by atoms with Gasteiger partial charge in [0.1, 0.15) is 17.1 Å². The van der Waals surface area contributed by atoms with E-state index in [1.165, 1.54) is 0 Å². The molecule has 0 unspecified atom stereocenters. The molecular formula is C32H42N6O5. The van der Waals surface area contributed by atoms with Gasteiger partial charge in [-0.2, -0.15) is 0 Å². The number of aromatic nitrogens is 3. The summed E-state index contributed by atoms with van der Waals surface area (Å²) in [5.74, 6) is 0.753. The minimum atomic E-state index is -1.04. The Bertz CT molecular complexity index is 1570. The molecule has 0 atom stereocenters. The van der Waals surface area contributed by atoms with Crippen molar-refractivity contribution in [2.24, 2.45) is 0 Å². The number of carboxylic acid groups (broad SMARTS) is 1. The summed E-state index contributed by atoms with van der Waals surface area (Å²) in [5, 5.41) is 10.0. The van der Waals surface area contributed by atoms with E-state index in [2.05, 4.69) is 14.5 Å². The summed E-state index contributed by atoms with van der Waals surface area (Å²) in [6, 6.07) is 13.4. The minimum Gasteiger partial charge on any atom is -0.482 e. The van der Waals surface area contributed by atoms with E-state index in [-0.39, 0.29) is 5.91 Å². The summed E-state index contributed by atoms with van der Waals surface area (Å²) in [6.07, 6.45) is 1.30. The number of anilines is 1. The lowest BCUT2D eigenvalue weighted by molar-refractivity contribution is -0.139. The van der Waals surface area contributed by atoms with E-state index in [9.17, 15) is 9.59 Å². The molecule has 0 saturated heterocycles. The number of methoxy groups -OCH3 is 1. The molecule has 0 saturated carbocycles. The standard InChI is InChI=1S/C32H42N6O5/c1-5-36(6-2)20-28(39)37(19-23-11-9-14-26(22(23)3)43-21-29(40)41)16-10-17-38-27(15-18-42-4)35-30-31(38)24-12-7-8-13-25(24)34-32(30)33/h7-9,11-14H,5-6,10,15-21H2,1-4H3,(H2,33,34)(H,40,41). The summed E-state index contributed by atoms with van der Waals surface area (Å²) < 4.78 is 13.0. The molecule has 3 N–H and O–H groups in total. The number of pyridine rings is 1. The summed E-state index contributed by atoms with van der Waals surface area (Å²) in [4.78, 5) is 38.1.